The highest BCUT2D eigenvalue weighted by molar-refractivity contribution is 6.17. The molecule has 26 heavy (non-hydrogen) atoms. The third-order valence-corrected chi connectivity index (χ3v) is 4.09. The van der Waals surface area contributed by atoms with Gasteiger partial charge in [0, 0.05) is 5.56 Å². The first-order valence-corrected chi connectivity index (χ1v) is 8.17. The number of Topliss-reactive ketones (excluding diaryl/α,β-unsaturated/α-hetero) is 1. The fourth-order valence-corrected chi connectivity index (χ4v) is 2.77. The summed E-state index contributed by atoms with van der Waals surface area (Å²) < 4.78 is 5.03. The third-order valence-electron chi connectivity index (χ3n) is 4.09. The molecule has 130 valence electrons. The highest BCUT2D eigenvalue weighted by atomic mass is 16.5. The van der Waals surface area contributed by atoms with Gasteiger partial charge in [-0.15, -0.1) is 0 Å². The van der Waals surface area contributed by atoms with Crippen molar-refractivity contribution in [3.8, 4) is 11.5 Å². The first-order chi connectivity index (χ1) is 12.6. The number of methoxy groups -OCH3 is 1. The van der Waals surface area contributed by atoms with E-state index in [4.69, 9.17) is 4.74 Å². The lowest BCUT2D eigenvalue weighted by Gasteiger charge is -2.05. The summed E-state index contributed by atoms with van der Waals surface area (Å²) >= 11 is 0. The second kappa shape index (κ2) is 7.66. The van der Waals surface area contributed by atoms with Gasteiger partial charge in [0.15, 0.2) is 23.1 Å². The number of rotatable bonds is 6. The van der Waals surface area contributed by atoms with Gasteiger partial charge in [-0.25, -0.2) is 0 Å². The van der Waals surface area contributed by atoms with Gasteiger partial charge in [0.25, 0.3) is 0 Å². The monoisotopic (exact) mass is 346 g/mol. The molecule has 0 bridgehead atoms. The van der Waals surface area contributed by atoms with Crippen LogP contribution in [-0.4, -0.2) is 23.8 Å². The molecule has 0 amide bonds. The van der Waals surface area contributed by atoms with E-state index in [0.717, 1.165) is 10.8 Å². The molecule has 0 spiro atoms. The number of allylic oxidation sites excluding steroid dienone is 1. The summed E-state index contributed by atoms with van der Waals surface area (Å²) in [5.74, 6) is -0.136. The smallest absolute Gasteiger partial charge is 0.171 e. The average Bonchev–Trinajstić information content (AvgIpc) is 2.66. The van der Waals surface area contributed by atoms with Crippen molar-refractivity contribution in [3.05, 3.63) is 77.9 Å². The van der Waals surface area contributed by atoms with Crippen LogP contribution < -0.4 is 4.74 Å². The lowest BCUT2D eigenvalue weighted by molar-refractivity contribution is -0.113. The van der Waals surface area contributed by atoms with Crippen LogP contribution in [0.5, 0.6) is 11.5 Å². The van der Waals surface area contributed by atoms with E-state index in [1.54, 1.807) is 24.3 Å². The van der Waals surface area contributed by atoms with Crippen LogP contribution >= 0.6 is 0 Å². The van der Waals surface area contributed by atoms with Crippen molar-refractivity contribution in [2.75, 3.05) is 7.11 Å². The molecule has 1 N–H and O–H groups in total. The molecule has 0 aliphatic heterocycles. The van der Waals surface area contributed by atoms with Crippen molar-refractivity contribution in [1.82, 2.24) is 0 Å². The number of phenols is 1. The molecule has 0 heterocycles. The van der Waals surface area contributed by atoms with Crippen LogP contribution in [0.25, 0.3) is 16.8 Å². The highest BCUT2D eigenvalue weighted by Gasteiger charge is 2.12. The van der Waals surface area contributed by atoms with Crippen molar-refractivity contribution in [3.63, 3.8) is 0 Å². The minimum absolute atomic E-state index is 0.0297. The Balaban J connectivity index is 1.74. The lowest BCUT2D eigenvalue weighted by Crippen LogP contribution is -2.06. The number of carbonyl (C=O) groups is 2. The van der Waals surface area contributed by atoms with E-state index in [1.165, 1.54) is 19.3 Å². The molecule has 4 nitrogen and oxygen atoms in total. The summed E-state index contributed by atoms with van der Waals surface area (Å²) in [5, 5.41) is 11.4. The maximum Gasteiger partial charge on any atom is 0.171 e. The SMILES string of the molecule is COc1cc(C=CC(=O)CC(=O)c2cccc3ccccc23)ccc1O. The van der Waals surface area contributed by atoms with E-state index in [0.29, 0.717) is 16.9 Å². The van der Waals surface area contributed by atoms with Crippen molar-refractivity contribution in [1.29, 1.82) is 0 Å². The van der Waals surface area contributed by atoms with Crippen molar-refractivity contribution >= 4 is 28.4 Å². The summed E-state index contributed by atoms with van der Waals surface area (Å²) in [5.41, 5.74) is 1.25. The number of hydrogen-bond donors (Lipinski definition) is 1. The minimum Gasteiger partial charge on any atom is -0.504 e. The molecule has 0 aromatic heterocycles. The number of phenolic OH excluding ortho intramolecular Hbond substituents is 1. The molecule has 0 unspecified atom stereocenters. The maximum absolute atomic E-state index is 12.5. The quantitative estimate of drug-likeness (QED) is 0.408. The molecule has 3 aromatic carbocycles. The van der Waals surface area contributed by atoms with Crippen LogP contribution in [0.15, 0.2) is 66.7 Å². The molecule has 0 aliphatic carbocycles. The van der Waals surface area contributed by atoms with Crippen LogP contribution in [0.2, 0.25) is 0 Å². The molecule has 4 heteroatoms. The van der Waals surface area contributed by atoms with E-state index in [1.807, 2.05) is 36.4 Å². The van der Waals surface area contributed by atoms with Crippen molar-refractivity contribution in [2.45, 2.75) is 6.42 Å². The molecule has 0 saturated heterocycles. The number of carbonyl (C=O) groups excluding carboxylic acids is 2. The Hall–Kier alpha value is -3.40. The van der Waals surface area contributed by atoms with Gasteiger partial charge in [-0.3, -0.25) is 9.59 Å². The summed E-state index contributed by atoms with van der Waals surface area (Å²) in [6.07, 6.45) is 2.77. The van der Waals surface area contributed by atoms with Crippen LogP contribution in [-0.2, 0) is 4.79 Å². The van der Waals surface area contributed by atoms with Gasteiger partial charge in [-0.1, -0.05) is 54.6 Å². The van der Waals surface area contributed by atoms with Gasteiger partial charge in [-0.05, 0) is 34.5 Å². The van der Waals surface area contributed by atoms with Gasteiger partial charge in [0.2, 0.25) is 0 Å². The first kappa shape index (κ1) is 17.4. The molecular formula is C22H18O4. The van der Waals surface area contributed by atoms with Crippen LogP contribution in [0.3, 0.4) is 0 Å². The second-order valence-electron chi connectivity index (χ2n) is 5.86. The van der Waals surface area contributed by atoms with Crippen LogP contribution in [0.1, 0.15) is 22.3 Å². The van der Waals surface area contributed by atoms with E-state index >= 15 is 0 Å². The standard InChI is InChI=1S/C22H18O4/c1-26-22-13-15(10-12-20(22)24)9-11-17(23)14-21(25)19-8-4-6-16-5-2-3-7-18(16)19/h2-13,24H,14H2,1H3. The maximum atomic E-state index is 12.5. The number of ether oxygens (including phenoxy) is 1. The number of fused-ring (bicyclic) bond motifs is 1. The fourth-order valence-electron chi connectivity index (χ4n) is 2.77. The van der Waals surface area contributed by atoms with E-state index in [9.17, 15) is 14.7 Å². The van der Waals surface area contributed by atoms with E-state index < -0.39 is 0 Å². The summed E-state index contributed by atoms with van der Waals surface area (Å²) in [6.45, 7) is 0. The van der Waals surface area contributed by atoms with Crippen molar-refractivity contribution < 1.29 is 19.4 Å². The zero-order chi connectivity index (χ0) is 18.5. The number of hydrogen-bond acceptors (Lipinski definition) is 4. The van der Waals surface area contributed by atoms with Gasteiger partial charge in [0.05, 0.1) is 13.5 Å². The van der Waals surface area contributed by atoms with Gasteiger partial charge < -0.3 is 9.84 Å². The second-order valence-corrected chi connectivity index (χ2v) is 5.86. The van der Waals surface area contributed by atoms with Gasteiger partial charge >= 0.3 is 0 Å². The van der Waals surface area contributed by atoms with Crippen molar-refractivity contribution in [2.24, 2.45) is 0 Å². The van der Waals surface area contributed by atoms with Crippen LogP contribution in [0, 0.1) is 0 Å². The molecule has 3 rings (SSSR count). The molecule has 0 saturated carbocycles. The fraction of sp³-hybridized carbons (Fsp3) is 0.0909. The zero-order valence-electron chi connectivity index (χ0n) is 14.3. The Bertz CT molecular complexity index is 997. The first-order valence-electron chi connectivity index (χ1n) is 8.17. The number of aromatic hydroxyl groups is 1. The average molecular weight is 346 g/mol. The molecule has 3 aromatic rings. The van der Waals surface area contributed by atoms with E-state index in [2.05, 4.69) is 0 Å². The lowest BCUT2D eigenvalue weighted by atomic mass is 9.98. The Morgan fingerprint density at radius 2 is 1.81 bits per heavy atom. The molecule has 0 fully saturated rings. The Kier molecular flexibility index (Phi) is 5.13. The largest absolute Gasteiger partial charge is 0.504 e. The number of benzene rings is 3. The summed E-state index contributed by atoms with van der Waals surface area (Å²) in [7, 11) is 1.45. The summed E-state index contributed by atoms with van der Waals surface area (Å²) in [4.78, 5) is 24.7. The predicted octanol–water partition coefficient (Wildman–Crippen LogP) is 4.41. The topological polar surface area (TPSA) is 63.6 Å². The molecular weight excluding hydrogens is 328 g/mol. The van der Waals surface area contributed by atoms with E-state index in [-0.39, 0.29) is 23.7 Å². The summed E-state index contributed by atoms with van der Waals surface area (Å²) in [6, 6.07) is 17.9. The molecule has 0 atom stereocenters. The number of ketones is 2. The zero-order valence-corrected chi connectivity index (χ0v) is 14.3. The highest BCUT2D eigenvalue weighted by Crippen LogP contribution is 2.26. The van der Waals surface area contributed by atoms with Gasteiger partial charge in [-0.2, -0.15) is 0 Å². The molecule has 0 aliphatic rings. The minimum atomic E-state index is -0.282. The predicted molar refractivity (Wildman–Crippen MR) is 102 cm³/mol. The van der Waals surface area contributed by atoms with Gasteiger partial charge in [0.1, 0.15) is 0 Å². The molecule has 0 radical (unpaired) electrons. The van der Waals surface area contributed by atoms with Crippen LogP contribution in [0.4, 0.5) is 0 Å². The normalized spacial score (nSPS) is 11.0. The Morgan fingerprint density at radius 3 is 2.62 bits per heavy atom. The third kappa shape index (κ3) is 3.81. The Morgan fingerprint density at radius 1 is 1.04 bits per heavy atom. The Labute approximate surface area is 151 Å².